The first kappa shape index (κ1) is 18.1. The van der Waals surface area contributed by atoms with Gasteiger partial charge in [0.25, 0.3) is 5.69 Å². The highest BCUT2D eigenvalue weighted by molar-refractivity contribution is 6.07. The number of nitro benzene ring substituents is 1. The number of amides is 1. The number of ketones is 1. The minimum atomic E-state index is -0.483. The van der Waals surface area contributed by atoms with Crippen molar-refractivity contribution in [1.82, 2.24) is 0 Å². The van der Waals surface area contributed by atoms with Crippen LogP contribution in [0.3, 0.4) is 0 Å². The van der Waals surface area contributed by atoms with Crippen molar-refractivity contribution in [3.8, 4) is 0 Å². The Morgan fingerprint density at radius 1 is 1.30 bits per heavy atom. The number of nitrogens with one attached hydrogen (secondary N) is 1. The summed E-state index contributed by atoms with van der Waals surface area (Å²) < 4.78 is 4.90. The maximum Gasteiger partial charge on any atom is 0.414 e. The monoisotopic (exact) mass is 367 g/mol. The van der Waals surface area contributed by atoms with Gasteiger partial charge in [0.15, 0.2) is 5.78 Å². The van der Waals surface area contributed by atoms with Crippen LogP contribution in [-0.2, 0) is 4.74 Å². The first-order chi connectivity index (χ1) is 13.0. The van der Waals surface area contributed by atoms with Gasteiger partial charge >= 0.3 is 6.09 Å². The second kappa shape index (κ2) is 7.69. The lowest BCUT2D eigenvalue weighted by Gasteiger charge is -2.13. The maximum absolute atomic E-state index is 12.4. The zero-order valence-electron chi connectivity index (χ0n) is 14.5. The van der Waals surface area contributed by atoms with Crippen LogP contribution in [-0.4, -0.2) is 37.0 Å². The van der Waals surface area contributed by atoms with Gasteiger partial charge < -0.3 is 10.1 Å². The molecule has 8 heteroatoms. The fraction of sp³-hybridized carbons (Fsp3) is 0.158. The van der Waals surface area contributed by atoms with Crippen molar-refractivity contribution in [3.63, 3.8) is 0 Å². The van der Waals surface area contributed by atoms with Crippen LogP contribution in [0.25, 0.3) is 6.08 Å². The van der Waals surface area contributed by atoms with Crippen molar-refractivity contribution in [1.29, 1.82) is 0 Å². The van der Waals surface area contributed by atoms with Crippen molar-refractivity contribution in [2.45, 2.75) is 0 Å². The zero-order chi connectivity index (χ0) is 19.4. The smallest absolute Gasteiger partial charge is 0.414 e. The number of carbonyl (C=O) groups is 2. The molecule has 1 amide bonds. The molecule has 2 aromatic carbocycles. The lowest BCUT2D eigenvalue weighted by atomic mass is 10.1. The van der Waals surface area contributed by atoms with E-state index in [-0.39, 0.29) is 11.5 Å². The van der Waals surface area contributed by atoms with Gasteiger partial charge in [-0.2, -0.15) is 0 Å². The minimum Gasteiger partial charge on any atom is -0.447 e. The van der Waals surface area contributed by atoms with Crippen molar-refractivity contribution >= 4 is 35.0 Å². The lowest BCUT2D eigenvalue weighted by Crippen LogP contribution is -2.23. The number of rotatable bonds is 6. The molecule has 1 aliphatic heterocycles. The highest BCUT2D eigenvalue weighted by Crippen LogP contribution is 2.26. The third-order valence-corrected chi connectivity index (χ3v) is 4.12. The number of nitro groups is 1. The second-order valence-corrected chi connectivity index (χ2v) is 5.80. The van der Waals surface area contributed by atoms with E-state index < -0.39 is 11.0 Å². The average molecular weight is 367 g/mol. The van der Waals surface area contributed by atoms with Gasteiger partial charge in [0, 0.05) is 24.4 Å². The van der Waals surface area contributed by atoms with Crippen LogP contribution in [0.15, 0.2) is 48.5 Å². The largest absolute Gasteiger partial charge is 0.447 e. The van der Waals surface area contributed by atoms with Gasteiger partial charge in [0.2, 0.25) is 0 Å². The van der Waals surface area contributed by atoms with Crippen LogP contribution in [0.1, 0.15) is 15.9 Å². The highest BCUT2D eigenvalue weighted by atomic mass is 16.6. The van der Waals surface area contributed by atoms with E-state index in [4.69, 9.17) is 4.74 Å². The number of benzene rings is 2. The fourth-order valence-electron chi connectivity index (χ4n) is 2.74. The summed E-state index contributed by atoms with van der Waals surface area (Å²) in [4.78, 5) is 36.2. The Balaban J connectivity index is 1.80. The molecule has 1 fully saturated rings. The third-order valence-electron chi connectivity index (χ3n) is 4.12. The van der Waals surface area contributed by atoms with Crippen LogP contribution < -0.4 is 10.2 Å². The Labute approximate surface area is 155 Å². The molecule has 1 saturated heterocycles. The number of cyclic esters (lactones) is 1. The predicted molar refractivity (Wildman–Crippen MR) is 101 cm³/mol. The molecule has 2 aromatic rings. The summed E-state index contributed by atoms with van der Waals surface area (Å²) in [6.07, 6.45) is 2.43. The number of carbonyl (C=O) groups excluding carboxylic acids is 2. The number of anilines is 2. The molecule has 0 unspecified atom stereocenters. The van der Waals surface area contributed by atoms with E-state index in [0.717, 1.165) is 0 Å². The molecule has 27 heavy (non-hydrogen) atoms. The van der Waals surface area contributed by atoms with E-state index in [9.17, 15) is 19.7 Å². The molecular weight excluding hydrogens is 350 g/mol. The molecule has 138 valence electrons. The molecule has 0 radical (unpaired) electrons. The van der Waals surface area contributed by atoms with E-state index in [1.165, 1.54) is 23.1 Å². The fourth-order valence-corrected chi connectivity index (χ4v) is 2.74. The number of allylic oxidation sites excluding steroid dienone is 1. The Hall–Kier alpha value is -3.68. The summed E-state index contributed by atoms with van der Waals surface area (Å²) in [5, 5.41) is 13.9. The standard InChI is InChI=1S/C19H17N3O5/c1-20-16-7-5-13(11-17(16)22(25)26)6-8-18(23)14-3-2-4-15(12-14)21-9-10-27-19(21)24/h2-8,11-12,20H,9-10H2,1H3/b8-6+. The summed E-state index contributed by atoms with van der Waals surface area (Å²) in [6, 6.07) is 11.3. The number of nitrogens with zero attached hydrogens (tertiary/aromatic N) is 2. The minimum absolute atomic E-state index is 0.0679. The van der Waals surface area contributed by atoms with Gasteiger partial charge in [-0.1, -0.05) is 24.3 Å². The summed E-state index contributed by atoms with van der Waals surface area (Å²) in [6.45, 7) is 0.756. The average Bonchev–Trinajstić information content (AvgIpc) is 3.11. The van der Waals surface area contributed by atoms with Crippen LogP contribution in [0.5, 0.6) is 0 Å². The number of hydrogen-bond acceptors (Lipinski definition) is 6. The van der Waals surface area contributed by atoms with Crippen molar-refractivity contribution in [2.75, 3.05) is 30.4 Å². The summed E-state index contributed by atoms with van der Waals surface area (Å²) in [7, 11) is 1.60. The second-order valence-electron chi connectivity index (χ2n) is 5.80. The molecule has 1 heterocycles. The van der Waals surface area contributed by atoms with E-state index in [1.807, 2.05) is 0 Å². The molecule has 0 aromatic heterocycles. The molecule has 0 saturated carbocycles. The highest BCUT2D eigenvalue weighted by Gasteiger charge is 2.23. The van der Waals surface area contributed by atoms with E-state index >= 15 is 0 Å². The SMILES string of the molecule is CNc1ccc(/C=C/C(=O)c2cccc(N3CCOC3=O)c2)cc1[N+](=O)[O-]. The van der Waals surface area contributed by atoms with Crippen LogP contribution in [0.4, 0.5) is 21.9 Å². The van der Waals surface area contributed by atoms with Crippen molar-refractivity contribution < 1.29 is 19.2 Å². The molecule has 3 rings (SSSR count). The Morgan fingerprint density at radius 3 is 2.78 bits per heavy atom. The topological polar surface area (TPSA) is 102 Å². The molecule has 0 aliphatic carbocycles. The van der Waals surface area contributed by atoms with E-state index in [0.29, 0.717) is 35.7 Å². The van der Waals surface area contributed by atoms with Gasteiger partial charge in [0.1, 0.15) is 12.3 Å². The molecule has 0 atom stereocenters. The van der Waals surface area contributed by atoms with Gasteiger partial charge in [0.05, 0.1) is 11.5 Å². The first-order valence-electron chi connectivity index (χ1n) is 8.22. The normalized spacial score (nSPS) is 13.7. The van der Waals surface area contributed by atoms with E-state index in [2.05, 4.69) is 5.32 Å². The zero-order valence-corrected chi connectivity index (χ0v) is 14.5. The van der Waals surface area contributed by atoms with Crippen LogP contribution >= 0.6 is 0 Å². The molecule has 8 nitrogen and oxygen atoms in total. The maximum atomic E-state index is 12.4. The molecule has 0 bridgehead atoms. The van der Waals surface area contributed by atoms with Crippen LogP contribution in [0, 0.1) is 10.1 Å². The summed E-state index contributed by atoms with van der Waals surface area (Å²) in [5.74, 6) is -0.273. The Kier molecular flexibility index (Phi) is 5.16. The quantitative estimate of drug-likeness (QED) is 0.363. The Bertz CT molecular complexity index is 939. The van der Waals surface area contributed by atoms with Gasteiger partial charge in [-0.05, 0) is 29.8 Å². The molecule has 1 aliphatic rings. The molecule has 0 spiro atoms. The van der Waals surface area contributed by atoms with Gasteiger partial charge in [-0.15, -0.1) is 0 Å². The van der Waals surface area contributed by atoms with Gasteiger partial charge in [-0.25, -0.2) is 4.79 Å². The van der Waals surface area contributed by atoms with E-state index in [1.54, 1.807) is 43.4 Å². The summed E-state index contributed by atoms with van der Waals surface area (Å²) >= 11 is 0. The Morgan fingerprint density at radius 2 is 2.11 bits per heavy atom. The number of ether oxygens (including phenoxy) is 1. The lowest BCUT2D eigenvalue weighted by molar-refractivity contribution is -0.384. The van der Waals surface area contributed by atoms with Crippen molar-refractivity contribution in [3.05, 3.63) is 69.8 Å². The molecule has 1 N–H and O–H groups in total. The van der Waals surface area contributed by atoms with Gasteiger partial charge in [-0.3, -0.25) is 19.8 Å². The predicted octanol–water partition coefficient (Wildman–Crippen LogP) is 3.49. The number of hydrogen-bond donors (Lipinski definition) is 1. The van der Waals surface area contributed by atoms with Crippen molar-refractivity contribution in [2.24, 2.45) is 0 Å². The summed E-state index contributed by atoms with van der Waals surface area (Å²) in [5.41, 5.74) is 1.86. The first-order valence-corrected chi connectivity index (χ1v) is 8.22. The van der Waals surface area contributed by atoms with Crippen LogP contribution in [0.2, 0.25) is 0 Å². The third kappa shape index (κ3) is 3.95. The molecular formula is C19H17N3O5.